The van der Waals surface area contributed by atoms with E-state index in [1.807, 2.05) is 0 Å². The number of ether oxygens (including phenoxy) is 1. The largest absolute Gasteiger partial charge is 0.378 e. The molecule has 0 amide bonds. The van der Waals surface area contributed by atoms with E-state index in [1.165, 1.54) is 51.4 Å². The van der Waals surface area contributed by atoms with Crippen molar-refractivity contribution in [2.24, 2.45) is 40.9 Å². The van der Waals surface area contributed by atoms with Gasteiger partial charge in [-0.2, -0.15) is 0 Å². The summed E-state index contributed by atoms with van der Waals surface area (Å²) >= 11 is 0. The average molecular weight is 319 g/mol. The third-order valence-electron chi connectivity index (χ3n) is 9.00. The lowest BCUT2D eigenvalue weighted by Crippen LogP contribution is -2.49. The first-order valence-corrected chi connectivity index (χ1v) is 10.8. The maximum atomic E-state index is 6.05. The summed E-state index contributed by atoms with van der Waals surface area (Å²) in [6, 6.07) is 0. The number of fused-ring (bicyclic) bond motifs is 5. The predicted octanol–water partition coefficient (Wildman–Crippen LogP) is 6.07. The first-order valence-electron chi connectivity index (χ1n) is 10.8. The molecule has 4 aliphatic rings. The Bertz CT molecular complexity index is 418. The van der Waals surface area contributed by atoms with Crippen LogP contribution in [0, 0.1) is 40.9 Å². The van der Waals surface area contributed by atoms with Crippen LogP contribution in [0.3, 0.4) is 0 Å². The van der Waals surface area contributed by atoms with Crippen molar-refractivity contribution in [2.45, 2.75) is 91.1 Å². The fourth-order valence-electron chi connectivity index (χ4n) is 7.95. The van der Waals surface area contributed by atoms with Gasteiger partial charge in [0, 0.05) is 6.61 Å². The lowest BCUT2D eigenvalue weighted by atomic mass is 9.49. The number of rotatable bonds is 3. The molecular formula is C22H38O. The highest BCUT2D eigenvalue weighted by atomic mass is 16.5. The zero-order valence-electron chi connectivity index (χ0n) is 15.7. The molecule has 0 bridgehead atoms. The summed E-state index contributed by atoms with van der Waals surface area (Å²) in [5.41, 5.74) is 0.691. The molecule has 4 saturated carbocycles. The summed E-state index contributed by atoms with van der Waals surface area (Å²) in [6.45, 7) is 8.19. The van der Waals surface area contributed by atoms with Gasteiger partial charge in [-0.05, 0) is 106 Å². The van der Waals surface area contributed by atoms with Crippen LogP contribution in [0.1, 0.15) is 85.0 Å². The Morgan fingerprint density at radius 2 is 1.70 bits per heavy atom. The minimum Gasteiger partial charge on any atom is -0.378 e. The molecule has 1 heteroatoms. The van der Waals surface area contributed by atoms with Gasteiger partial charge in [-0.1, -0.05) is 20.3 Å². The van der Waals surface area contributed by atoms with Crippen LogP contribution < -0.4 is 0 Å². The van der Waals surface area contributed by atoms with Crippen molar-refractivity contribution in [3.8, 4) is 0 Å². The Hall–Kier alpha value is -0.0400. The Kier molecular flexibility index (Phi) is 4.54. The Balaban J connectivity index is 1.52. The summed E-state index contributed by atoms with van der Waals surface area (Å²) in [7, 11) is 0. The van der Waals surface area contributed by atoms with Gasteiger partial charge >= 0.3 is 0 Å². The summed E-state index contributed by atoms with van der Waals surface area (Å²) in [4.78, 5) is 0. The van der Waals surface area contributed by atoms with Crippen molar-refractivity contribution in [3.05, 3.63) is 0 Å². The second kappa shape index (κ2) is 6.36. The molecule has 8 atom stereocenters. The molecule has 1 nitrogen and oxygen atoms in total. The van der Waals surface area contributed by atoms with Crippen molar-refractivity contribution < 1.29 is 4.74 Å². The zero-order chi connectivity index (χ0) is 16.0. The molecule has 4 aliphatic carbocycles. The minimum absolute atomic E-state index is 0.584. The molecule has 4 fully saturated rings. The topological polar surface area (TPSA) is 9.23 Å². The van der Waals surface area contributed by atoms with Crippen LogP contribution in [0.15, 0.2) is 0 Å². The van der Waals surface area contributed by atoms with Crippen molar-refractivity contribution in [1.82, 2.24) is 0 Å². The number of hydrogen-bond donors (Lipinski definition) is 0. The van der Waals surface area contributed by atoms with E-state index >= 15 is 0 Å². The van der Waals surface area contributed by atoms with Crippen LogP contribution in [0.5, 0.6) is 0 Å². The Labute approximate surface area is 143 Å². The van der Waals surface area contributed by atoms with Gasteiger partial charge in [0.1, 0.15) is 0 Å². The quantitative estimate of drug-likeness (QED) is 0.613. The lowest BCUT2D eigenvalue weighted by molar-refractivity contribution is -0.0898. The van der Waals surface area contributed by atoms with Gasteiger partial charge in [-0.3, -0.25) is 0 Å². The monoisotopic (exact) mass is 318 g/mol. The minimum atomic E-state index is 0.584. The third-order valence-corrected chi connectivity index (χ3v) is 9.00. The first-order chi connectivity index (χ1) is 11.2. The second-order valence-corrected chi connectivity index (χ2v) is 9.55. The Morgan fingerprint density at radius 3 is 2.48 bits per heavy atom. The lowest BCUT2D eigenvalue weighted by Gasteiger charge is -2.56. The molecule has 2 unspecified atom stereocenters. The van der Waals surface area contributed by atoms with Crippen LogP contribution in [0.2, 0.25) is 0 Å². The van der Waals surface area contributed by atoms with Crippen LogP contribution in [-0.4, -0.2) is 12.7 Å². The molecule has 0 radical (unpaired) electrons. The predicted molar refractivity (Wildman–Crippen MR) is 96.3 cm³/mol. The third kappa shape index (κ3) is 2.60. The maximum Gasteiger partial charge on any atom is 0.0578 e. The zero-order valence-corrected chi connectivity index (χ0v) is 15.7. The molecule has 23 heavy (non-hydrogen) atoms. The fourth-order valence-corrected chi connectivity index (χ4v) is 7.95. The first kappa shape index (κ1) is 16.4. The van der Waals surface area contributed by atoms with Crippen molar-refractivity contribution in [2.75, 3.05) is 6.61 Å². The van der Waals surface area contributed by atoms with Crippen LogP contribution in [-0.2, 0) is 4.74 Å². The van der Waals surface area contributed by atoms with E-state index in [1.54, 1.807) is 12.8 Å². The SMILES string of the molecule is CCOC1CCC2CC[C@@H]3[C@H](CC[C@]4(C)[C@@H](CC)CC[C@@H]34)[C@H]2C1. The molecule has 132 valence electrons. The van der Waals surface area contributed by atoms with Gasteiger partial charge in [-0.25, -0.2) is 0 Å². The summed E-state index contributed by atoms with van der Waals surface area (Å²) in [6.07, 6.45) is 15.4. The van der Waals surface area contributed by atoms with E-state index in [9.17, 15) is 0 Å². The molecule has 0 spiro atoms. The molecular weight excluding hydrogens is 280 g/mol. The van der Waals surface area contributed by atoms with Crippen molar-refractivity contribution in [1.29, 1.82) is 0 Å². The molecule has 0 N–H and O–H groups in total. The van der Waals surface area contributed by atoms with Gasteiger partial charge in [0.05, 0.1) is 6.10 Å². The average Bonchev–Trinajstić information content (AvgIpc) is 2.91. The molecule has 0 aliphatic heterocycles. The summed E-state index contributed by atoms with van der Waals surface area (Å²) in [5, 5.41) is 0. The van der Waals surface area contributed by atoms with Crippen LogP contribution in [0.4, 0.5) is 0 Å². The van der Waals surface area contributed by atoms with E-state index in [0.29, 0.717) is 11.5 Å². The van der Waals surface area contributed by atoms with Crippen molar-refractivity contribution >= 4 is 0 Å². The second-order valence-electron chi connectivity index (χ2n) is 9.55. The molecule has 0 saturated heterocycles. The highest BCUT2D eigenvalue weighted by molar-refractivity contribution is 5.05. The van der Waals surface area contributed by atoms with E-state index < -0.39 is 0 Å². The Morgan fingerprint density at radius 1 is 0.870 bits per heavy atom. The summed E-state index contributed by atoms with van der Waals surface area (Å²) < 4.78 is 6.05. The van der Waals surface area contributed by atoms with Gasteiger partial charge in [0.15, 0.2) is 0 Å². The molecule has 4 rings (SSSR count). The molecule has 0 aromatic rings. The maximum absolute atomic E-state index is 6.05. The molecule has 0 aromatic carbocycles. The van der Waals surface area contributed by atoms with Gasteiger partial charge in [0.25, 0.3) is 0 Å². The van der Waals surface area contributed by atoms with E-state index in [-0.39, 0.29) is 0 Å². The highest BCUT2D eigenvalue weighted by Gasteiger charge is 2.56. The van der Waals surface area contributed by atoms with Gasteiger partial charge in [0.2, 0.25) is 0 Å². The molecule has 0 aromatic heterocycles. The molecule has 0 heterocycles. The van der Waals surface area contributed by atoms with E-state index in [2.05, 4.69) is 20.8 Å². The standard InChI is InChI=1S/C22H38O/c1-4-16-8-11-21-19-10-7-15-6-9-17(23-5-2)14-20(15)18(19)12-13-22(16,21)3/h15-21H,4-14H2,1-3H3/t15?,16-,17?,18-,19+,20-,21-,22+/m0/s1. The normalized spacial score (nSPS) is 52.6. The van der Waals surface area contributed by atoms with Crippen molar-refractivity contribution in [3.63, 3.8) is 0 Å². The fraction of sp³-hybridized carbons (Fsp3) is 1.00. The van der Waals surface area contributed by atoms with Gasteiger partial charge in [-0.15, -0.1) is 0 Å². The van der Waals surface area contributed by atoms with E-state index in [4.69, 9.17) is 4.74 Å². The summed E-state index contributed by atoms with van der Waals surface area (Å²) in [5.74, 6) is 6.23. The highest BCUT2D eigenvalue weighted by Crippen LogP contribution is 2.64. The smallest absolute Gasteiger partial charge is 0.0578 e. The van der Waals surface area contributed by atoms with Crippen LogP contribution >= 0.6 is 0 Å². The number of hydrogen-bond acceptors (Lipinski definition) is 1. The van der Waals surface area contributed by atoms with Crippen LogP contribution in [0.25, 0.3) is 0 Å². The van der Waals surface area contributed by atoms with Gasteiger partial charge < -0.3 is 4.74 Å². The van der Waals surface area contributed by atoms with E-state index in [0.717, 1.165) is 42.1 Å².